The van der Waals surface area contributed by atoms with E-state index in [1.807, 2.05) is 12.1 Å². The van der Waals surface area contributed by atoms with Gasteiger partial charge >= 0.3 is 0 Å². The van der Waals surface area contributed by atoms with Crippen LogP contribution in [0.2, 0.25) is 0 Å². The number of nitrogens with zero attached hydrogens (tertiary/aromatic N) is 5. The lowest BCUT2D eigenvalue weighted by atomic mass is 10.1. The first-order valence-corrected chi connectivity index (χ1v) is 9.24. The number of fused-ring (bicyclic) bond motifs is 1. The fourth-order valence-corrected chi connectivity index (χ4v) is 3.55. The summed E-state index contributed by atoms with van der Waals surface area (Å²) in [5, 5.41) is 16.2. The number of rotatable bonds is 5. The van der Waals surface area contributed by atoms with Gasteiger partial charge in [-0.1, -0.05) is 53.7 Å². The smallest absolute Gasteiger partial charge is 0.258 e. The van der Waals surface area contributed by atoms with Crippen LogP contribution >= 0.6 is 11.8 Å². The minimum absolute atomic E-state index is 0.0339. The molecule has 2 aromatic heterocycles. The van der Waals surface area contributed by atoms with Crippen molar-refractivity contribution in [3.8, 4) is 11.3 Å². The summed E-state index contributed by atoms with van der Waals surface area (Å²) in [5.41, 5.74) is 3.85. The maximum atomic E-state index is 11.1. The molecule has 4 aromatic rings. The van der Waals surface area contributed by atoms with E-state index in [-0.39, 0.29) is 5.69 Å². The van der Waals surface area contributed by atoms with Crippen molar-refractivity contribution in [1.82, 2.24) is 19.6 Å². The van der Waals surface area contributed by atoms with Crippen LogP contribution in [-0.2, 0) is 5.75 Å². The Morgan fingerprint density at radius 1 is 1.15 bits per heavy atom. The maximum Gasteiger partial charge on any atom is 0.270 e. The fraction of sp³-hybridized carbons (Fsp3) is 0.105. The van der Waals surface area contributed by atoms with Crippen LogP contribution in [0.25, 0.3) is 17.0 Å². The van der Waals surface area contributed by atoms with Gasteiger partial charge in [0.05, 0.1) is 10.6 Å². The number of aryl methyl sites for hydroxylation is 1. The Kier molecular flexibility index (Phi) is 4.55. The molecule has 0 radical (unpaired) electrons. The van der Waals surface area contributed by atoms with Crippen LogP contribution in [0.4, 0.5) is 5.69 Å². The van der Waals surface area contributed by atoms with Crippen LogP contribution in [0.1, 0.15) is 11.1 Å². The Morgan fingerprint density at radius 3 is 2.81 bits per heavy atom. The Bertz CT molecular complexity index is 1140. The maximum absolute atomic E-state index is 11.1. The number of aromatic nitrogens is 4. The summed E-state index contributed by atoms with van der Waals surface area (Å²) in [6, 6.07) is 16.5. The van der Waals surface area contributed by atoms with Gasteiger partial charge in [0.15, 0.2) is 0 Å². The number of thioether (sulfide) groups is 1. The van der Waals surface area contributed by atoms with Crippen LogP contribution < -0.4 is 0 Å². The van der Waals surface area contributed by atoms with Gasteiger partial charge in [-0.2, -0.15) is 9.50 Å². The molecule has 0 spiro atoms. The number of benzene rings is 2. The lowest BCUT2D eigenvalue weighted by Gasteiger charge is -2.03. The molecule has 0 bridgehead atoms. The molecule has 0 aliphatic heterocycles. The van der Waals surface area contributed by atoms with Gasteiger partial charge in [0.1, 0.15) is 0 Å². The molecular formula is C19H15N5O2S. The molecule has 8 heteroatoms. The summed E-state index contributed by atoms with van der Waals surface area (Å²) < 4.78 is 1.62. The average molecular weight is 377 g/mol. The molecule has 0 aliphatic carbocycles. The predicted octanol–water partition coefficient (Wildman–Crippen LogP) is 4.30. The van der Waals surface area contributed by atoms with Gasteiger partial charge in [0.25, 0.3) is 11.5 Å². The van der Waals surface area contributed by atoms with Gasteiger partial charge in [0.2, 0.25) is 5.16 Å². The molecule has 4 rings (SSSR count). The molecule has 0 aliphatic rings. The van der Waals surface area contributed by atoms with Crippen LogP contribution in [0.3, 0.4) is 0 Å². The molecule has 27 heavy (non-hydrogen) atoms. The minimum atomic E-state index is -0.410. The zero-order chi connectivity index (χ0) is 18.8. The van der Waals surface area contributed by atoms with E-state index in [1.54, 1.807) is 22.8 Å². The highest BCUT2D eigenvalue weighted by Gasteiger charge is 2.13. The van der Waals surface area contributed by atoms with E-state index < -0.39 is 4.92 Å². The first kappa shape index (κ1) is 17.2. The standard InChI is InChI=1S/C19H15N5O2S/c1-13-4-2-5-14(10-13)12-27-19-21-18-20-9-8-17(23(18)22-19)15-6-3-7-16(11-15)24(25)26/h2-11H,12H2,1H3. The number of non-ortho nitro benzene ring substituents is 1. The van der Waals surface area contributed by atoms with E-state index in [0.717, 1.165) is 5.75 Å². The van der Waals surface area contributed by atoms with Gasteiger partial charge in [-0.3, -0.25) is 10.1 Å². The third-order valence-corrected chi connectivity index (χ3v) is 4.93. The Morgan fingerprint density at radius 2 is 2.00 bits per heavy atom. The van der Waals surface area contributed by atoms with Crippen molar-refractivity contribution >= 4 is 23.2 Å². The van der Waals surface area contributed by atoms with E-state index in [2.05, 4.69) is 40.2 Å². The van der Waals surface area contributed by atoms with Crippen molar-refractivity contribution in [3.63, 3.8) is 0 Å². The van der Waals surface area contributed by atoms with Gasteiger partial charge in [-0.05, 0) is 18.6 Å². The van der Waals surface area contributed by atoms with E-state index in [9.17, 15) is 10.1 Å². The quantitative estimate of drug-likeness (QED) is 0.293. The fourth-order valence-electron chi connectivity index (χ4n) is 2.78. The molecular weight excluding hydrogens is 362 g/mol. The second-order valence-electron chi connectivity index (χ2n) is 6.02. The monoisotopic (exact) mass is 377 g/mol. The lowest BCUT2D eigenvalue weighted by molar-refractivity contribution is -0.384. The first-order valence-electron chi connectivity index (χ1n) is 8.25. The molecule has 0 fully saturated rings. The summed E-state index contributed by atoms with van der Waals surface area (Å²) in [5.74, 6) is 1.22. The molecule has 0 saturated carbocycles. The van der Waals surface area contributed by atoms with Gasteiger partial charge < -0.3 is 0 Å². The average Bonchev–Trinajstić information content (AvgIpc) is 3.09. The second kappa shape index (κ2) is 7.16. The highest BCUT2D eigenvalue weighted by atomic mass is 32.2. The van der Waals surface area contributed by atoms with Crippen molar-refractivity contribution in [1.29, 1.82) is 0 Å². The number of hydrogen-bond donors (Lipinski definition) is 0. The lowest BCUT2D eigenvalue weighted by Crippen LogP contribution is -1.96. The third kappa shape index (κ3) is 3.65. The zero-order valence-electron chi connectivity index (χ0n) is 14.4. The normalized spacial score (nSPS) is 11.0. The van der Waals surface area contributed by atoms with Gasteiger partial charge in [-0.25, -0.2) is 4.98 Å². The highest BCUT2D eigenvalue weighted by molar-refractivity contribution is 7.98. The van der Waals surface area contributed by atoms with Crippen LogP contribution in [-0.4, -0.2) is 24.5 Å². The molecule has 7 nitrogen and oxygen atoms in total. The first-order chi connectivity index (χ1) is 13.1. The summed E-state index contributed by atoms with van der Waals surface area (Å²) in [7, 11) is 0. The van der Waals surface area contributed by atoms with Gasteiger partial charge in [-0.15, -0.1) is 5.10 Å². The molecule has 0 unspecified atom stereocenters. The zero-order valence-corrected chi connectivity index (χ0v) is 15.3. The second-order valence-corrected chi connectivity index (χ2v) is 6.96. The van der Waals surface area contributed by atoms with E-state index in [0.29, 0.717) is 22.2 Å². The summed E-state index contributed by atoms with van der Waals surface area (Å²) in [4.78, 5) is 19.4. The van der Waals surface area contributed by atoms with E-state index in [4.69, 9.17) is 0 Å². The highest BCUT2D eigenvalue weighted by Crippen LogP contribution is 2.26. The third-order valence-electron chi connectivity index (χ3n) is 4.02. The molecule has 0 saturated heterocycles. The number of hydrogen-bond acceptors (Lipinski definition) is 6. The van der Waals surface area contributed by atoms with Crippen LogP contribution in [0.15, 0.2) is 66.0 Å². The molecule has 2 heterocycles. The Balaban J connectivity index is 1.66. The predicted molar refractivity (Wildman–Crippen MR) is 104 cm³/mol. The summed E-state index contributed by atoms with van der Waals surface area (Å²) >= 11 is 1.53. The van der Waals surface area contributed by atoms with Gasteiger partial charge in [0, 0.05) is 29.6 Å². The largest absolute Gasteiger partial charge is 0.270 e. The van der Waals surface area contributed by atoms with Crippen LogP contribution in [0.5, 0.6) is 0 Å². The summed E-state index contributed by atoms with van der Waals surface area (Å²) in [6.45, 7) is 2.06. The van der Waals surface area contributed by atoms with Crippen molar-refractivity contribution in [2.75, 3.05) is 0 Å². The van der Waals surface area contributed by atoms with Crippen molar-refractivity contribution < 1.29 is 4.92 Å². The Hall–Kier alpha value is -3.26. The SMILES string of the molecule is Cc1cccc(CSc2nc3nccc(-c4cccc([N+](=O)[O-])c4)n3n2)c1. The van der Waals surface area contributed by atoms with E-state index >= 15 is 0 Å². The van der Waals surface area contributed by atoms with Crippen LogP contribution in [0, 0.1) is 17.0 Å². The molecule has 0 atom stereocenters. The van der Waals surface area contributed by atoms with Crippen molar-refractivity contribution in [2.45, 2.75) is 17.8 Å². The summed E-state index contributed by atoms with van der Waals surface area (Å²) in [6.07, 6.45) is 1.63. The van der Waals surface area contributed by atoms with Crippen molar-refractivity contribution in [3.05, 3.63) is 82.0 Å². The van der Waals surface area contributed by atoms with Crippen molar-refractivity contribution in [2.24, 2.45) is 0 Å². The molecule has 0 N–H and O–H groups in total. The Labute approximate surface area is 159 Å². The van der Waals surface area contributed by atoms with E-state index in [1.165, 1.54) is 35.0 Å². The molecule has 0 amide bonds. The number of nitro groups is 1. The molecule has 134 valence electrons. The minimum Gasteiger partial charge on any atom is -0.258 e. The molecule has 2 aromatic carbocycles. The topological polar surface area (TPSA) is 86.2 Å². The number of nitro benzene ring substituents is 1.